The van der Waals surface area contributed by atoms with Crippen molar-refractivity contribution >= 4 is 5.91 Å². The minimum atomic E-state index is -0.0463. The molecule has 2 saturated heterocycles. The molecule has 7 heteroatoms. The third-order valence-electron chi connectivity index (χ3n) is 4.81. The molecule has 0 unspecified atom stereocenters. The molecule has 24 heavy (non-hydrogen) atoms. The number of nitrogens with zero attached hydrogens (tertiary/aromatic N) is 3. The Morgan fingerprint density at radius 1 is 1.42 bits per heavy atom. The smallest absolute Gasteiger partial charge is 0.219 e. The molecule has 3 heterocycles. The second kappa shape index (κ2) is 7.21. The minimum Gasteiger partial charge on any atom is -0.377 e. The van der Waals surface area contributed by atoms with Gasteiger partial charge in [0.1, 0.15) is 0 Å². The fraction of sp³-hybridized carbons (Fsp3) is 0.765. The van der Waals surface area contributed by atoms with E-state index < -0.39 is 0 Å². The molecule has 2 aliphatic heterocycles. The van der Waals surface area contributed by atoms with Crippen LogP contribution >= 0.6 is 0 Å². The second-order valence-electron chi connectivity index (χ2n) is 7.40. The molecule has 0 spiro atoms. The van der Waals surface area contributed by atoms with Crippen LogP contribution in [0.1, 0.15) is 31.2 Å². The number of ether oxygens (including phenoxy) is 1. The van der Waals surface area contributed by atoms with Crippen LogP contribution in [0, 0.1) is 0 Å². The monoisotopic (exact) mass is 336 g/mol. The summed E-state index contributed by atoms with van der Waals surface area (Å²) in [6, 6.07) is 2.47. The summed E-state index contributed by atoms with van der Waals surface area (Å²) in [7, 11) is 4.02. The minimum absolute atomic E-state index is 0.0463. The Hall–Kier alpha value is -1.44. The Balaban J connectivity index is 1.55. The molecule has 0 radical (unpaired) electrons. The lowest BCUT2D eigenvalue weighted by atomic mass is 9.88. The van der Waals surface area contributed by atoms with E-state index in [9.17, 15) is 4.79 Å². The molecular weight excluding hydrogens is 308 g/mol. The highest BCUT2D eigenvalue weighted by atomic mass is 16.5. The van der Waals surface area contributed by atoms with Gasteiger partial charge in [0.2, 0.25) is 5.91 Å². The van der Waals surface area contributed by atoms with Gasteiger partial charge in [-0.2, -0.15) is 0 Å². The molecule has 0 aromatic carbocycles. The Morgan fingerprint density at radius 2 is 2.12 bits per heavy atom. The predicted molar refractivity (Wildman–Crippen MR) is 89.6 cm³/mol. The maximum absolute atomic E-state index is 11.4. The summed E-state index contributed by atoms with van der Waals surface area (Å²) in [4.78, 5) is 15.4. The van der Waals surface area contributed by atoms with Crippen molar-refractivity contribution in [2.45, 2.75) is 44.3 Å². The van der Waals surface area contributed by atoms with Crippen molar-refractivity contribution in [3.05, 3.63) is 17.5 Å². The van der Waals surface area contributed by atoms with Gasteiger partial charge in [-0.25, -0.2) is 0 Å². The Bertz CT molecular complexity index is 560. The van der Waals surface area contributed by atoms with Crippen molar-refractivity contribution in [2.24, 2.45) is 0 Å². The van der Waals surface area contributed by atoms with E-state index in [1.807, 2.05) is 25.1 Å². The fourth-order valence-corrected chi connectivity index (χ4v) is 3.53. The van der Waals surface area contributed by atoms with Crippen molar-refractivity contribution in [3.8, 4) is 0 Å². The van der Waals surface area contributed by atoms with Crippen LogP contribution in [0.2, 0.25) is 0 Å². The molecule has 134 valence electrons. The van der Waals surface area contributed by atoms with Gasteiger partial charge in [0.25, 0.3) is 0 Å². The topological polar surface area (TPSA) is 70.8 Å². The summed E-state index contributed by atoms with van der Waals surface area (Å²) in [6.45, 7) is 5.48. The molecule has 0 bridgehead atoms. The number of carbonyl (C=O) groups is 1. The number of amides is 1. The van der Waals surface area contributed by atoms with Crippen LogP contribution in [-0.4, -0.2) is 72.8 Å². The van der Waals surface area contributed by atoms with Crippen LogP contribution in [-0.2, 0) is 22.5 Å². The van der Waals surface area contributed by atoms with Crippen molar-refractivity contribution in [3.63, 3.8) is 0 Å². The summed E-state index contributed by atoms with van der Waals surface area (Å²) < 4.78 is 10.9. The average molecular weight is 336 g/mol. The first kappa shape index (κ1) is 17.4. The highest BCUT2D eigenvalue weighted by molar-refractivity contribution is 5.73. The summed E-state index contributed by atoms with van der Waals surface area (Å²) in [6.07, 6.45) is 2.80. The van der Waals surface area contributed by atoms with Crippen molar-refractivity contribution in [1.82, 2.24) is 20.3 Å². The number of rotatable bonds is 6. The number of likely N-dealkylation sites (tertiary alicyclic amines) is 1. The first-order chi connectivity index (χ1) is 11.5. The molecule has 7 nitrogen and oxygen atoms in total. The standard InChI is InChI=1S/C17H28N4O3/c1-13(22)21-6-4-14(5-7-21)18-17(11-23-12-17)9-15-8-16(24-19-15)10-20(2)3/h8,14,18H,4-7,9-12H2,1-3H3. The van der Waals surface area contributed by atoms with E-state index in [-0.39, 0.29) is 11.4 Å². The molecule has 3 rings (SSSR count). The highest BCUT2D eigenvalue weighted by Gasteiger charge is 2.41. The lowest BCUT2D eigenvalue weighted by Gasteiger charge is -2.46. The lowest BCUT2D eigenvalue weighted by molar-refractivity contribution is -0.130. The number of hydrogen-bond acceptors (Lipinski definition) is 6. The third kappa shape index (κ3) is 4.15. The number of piperidine rings is 1. The first-order valence-electron chi connectivity index (χ1n) is 8.66. The van der Waals surface area contributed by atoms with Gasteiger partial charge in [-0.1, -0.05) is 5.16 Å². The first-order valence-corrected chi connectivity index (χ1v) is 8.66. The summed E-state index contributed by atoms with van der Waals surface area (Å²) in [5.41, 5.74) is 0.929. The second-order valence-corrected chi connectivity index (χ2v) is 7.40. The zero-order valence-corrected chi connectivity index (χ0v) is 14.9. The SMILES string of the molecule is CC(=O)N1CCC(NC2(Cc3cc(CN(C)C)on3)COC2)CC1. The van der Waals surface area contributed by atoms with Gasteiger partial charge in [-0.3, -0.25) is 4.79 Å². The van der Waals surface area contributed by atoms with Crippen LogP contribution in [0.25, 0.3) is 0 Å². The Morgan fingerprint density at radius 3 is 2.67 bits per heavy atom. The van der Waals surface area contributed by atoms with Crippen LogP contribution in [0.15, 0.2) is 10.6 Å². The molecule has 0 saturated carbocycles. The third-order valence-corrected chi connectivity index (χ3v) is 4.81. The van der Waals surface area contributed by atoms with E-state index >= 15 is 0 Å². The number of nitrogens with one attached hydrogen (secondary N) is 1. The van der Waals surface area contributed by atoms with Gasteiger partial charge >= 0.3 is 0 Å². The molecule has 1 N–H and O–H groups in total. The van der Waals surface area contributed by atoms with E-state index in [0.717, 1.165) is 50.4 Å². The van der Waals surface area contributed by atoms with Crippen LogP contribution < -0.4 is 5.32 Å². The van der Waals surface area contributed by atoms with Gasteiger partial charge in [-0.15, -0.1) is 0 Å². The van der Waals surface area contributed by atoms with Gasteiger partial charge in [0, 0.05) is 38.5 Å². The summed E-state index contributed by atoms with van der Waals surface area (Å²) in [5.74, 6) is 1.06. The molecule has 0 atom stereocenters. The molecule has 0 aliphatic carbocycles. The lowest BCUT2D eigenvalue weighted by Crippen LogP contribution is -2.65. The maximum atomic E-state index is 11.4. The van der Waals surface area contributed by atoms with Gasteiger partial charge in [0.15, 0.2) is 5.76 Å². The largest absolute Gasteiger partial charge is 0.377 e. The predicted octanol–water partition coefficient (Wildman–Crippen LogP) is 0.648. The van der Waals surface area contributed by atoms with E-state index in [4.69, 9.17) is 9.26 Å². The zero-order valence-electron chi connectivity index (χ0n) is 14.9. The van der Waals surface area contributed by atoms with Crippen molar-refractivity contribution in [2.75, 3.05) is 40.4 Å². The normalized spacial score (nSPS) is 21.1. The van der Waals surface area contributed by atoms with E-state index in [1.54, 1.807) is 6.92 Å². The van der Waals surface area contributed by atoms with Gasteiger partial charge in [0.05, 0.1) is 31.0 Å². The van der Waals surface area contributed by atoms with Crippen LogP contribution in [0.3, 0.4) is 0 Å². The Kier molecular flexibility index (Phi) is 5.22. The molecule has 2 fully saturated rings. The molecule has 2 aliphatic rings. The van der Waals surface area contributed by atoms with E-state index in [0.29, 0.717) is 19.3 Å². The molecule has 1 aromatic heterocycles. The van der Waals surface area contributed by atoms with E-state index in [2.05, 4.69) is 15.4 Å². The van der Waals surface area contributed by atoms with Gasteiger partial charge < -0.3 is 24.4 Å². The van der Waals surface area contributed by atoms with E-state index in [1.165, 1.54) is 0 Å². The van der Waals surface area contributed by atoms with Crippen molar-refractivity contribution in [1.29, 1.82) is 0 Å². The summed E-state index contributed by atoms with van der Waals surface area (Å²) in [5, 5.41) is 7.99. The average Bonchev–Trinajstić information content (AvgIpc) is 2.91. The number of hydrogen-bond donors (Lipinski definition) is 1. The highest BCUT2D eigenvalue weighted by Crippen LogP contribution is 2.25. The van der Waals surface area contributed by atoms with Gasteiger partial charge in [-0.05, 0) is 26.9 Å². The fourth-order valence-electron chi connectivity index (χ4n) is 3.53. The molecule has 1 amide bonds. The van der Waals surface area contributed by atoms with Crippen LogP contribution in [0.5, 0.6) is 0 Å². The van der Waals surface area contributed by atoms with Crippen molar-refractivity contribution < 1.29 is 14.1 Å². The van der Waals surface area contributed by atoms with Crippen LogP contribution in [0.4, 0.5) is 0 Å². The zero-order chi connectivity index (χ0) is 17.2. The quantitative estimate of drug-likeness (QED) is 0.822. The molecule has 1 aromatic rings. The Labute approximate surface area is 143 Å². The summed E-state index contributed by atoms with van der Waals surface area (Å²) >= 11 is 0. The molecular formula is C17H28N4O3. The maximum Gasteiger partial charge on any atom is 0.219 e. The number of carbonyl (C=O) groups excluding carboxylic acids is 1. The number of aromatic nitrogens is 1.